The minimum absolute atomic E-state index is 0.00650. The smallest absolute Gasteiger partial charge is 0.246 e. The first kappa shape index (κ1) is 18.9. The van der Waals surface area contributed by atoms with Gasteiger partial charge in [-0.25, -0.2) is 4.98 Å². The summed E-state index contributed by atoms with van der Waals surface area (Å²) in [6.07, 6.45) is 8.98. The molecule has 2 N–H and O–H groups in total. The number of H-pyrrole nitrogens is 1. The quantitative estimate of drug-likeness (QED) is 0.647. The number of likely N-dealkylation sites (N-methyl/N-ethyl adjacent to an activating group) is 1. The van der Waals surface area contributed by atoms with E-state index in [1.165, 1.54) is 0 Å². The number of amides is 2. The second kappa shape index (κ2) is 7.91. The molecule has 1 atom stereocenters. The largest absolute Gasteiger partial charge is 0.361 e. The molecule has 0 bridgehead atoms. The van der Waals surface area contributed by atoms with Gasteiger partial charge in [-0.2, -0.15) is 0 Å². The van der Waals surface area contributed by atoms with Crippen LogP contribution in [0.3, 0.4) is 0 Å². The lowest BCUT2D eigenvalue weighted by atomic mass is 10.0. The second-order valence-electron chi connectivity index (χ2n) is 7.32. The molecule has 3 heterocycles. The van der Waals surface area contributed by atoms with Gasteiger partial charge in [0.05, 0.1) is 6.04 Å². The lowest BCUT2D eigenvalue weighted by Gasteiger charge is -2.26. The van der Waals surface area contributed by atoms with Crippen molar-refractivity contribution in [2.75, 3.05) is 12.4 Å². The molecule has 0 saturated carbocycles. The van der Waals surface area contributed by atoms with Crippen LogP contribution in [0.4, 0.5) is 5.82 Å². The summed E-state index contributed by atoms with van der Waals surface area (Å²) in [5.41, 5.74) is 4.04. The number of pyridine rings is 1. The number of rotatable bonds is 5. The highest BCUT2D eigenvalue weighted by atomic mass is 16.2. The molecule has 2 amide bonds. The molecule has 6 heteroatoms. The van der Waals surface area contributed by atoms with Gasteiger partial charge in [-0.3, -0.25) is 9.59 Å². The highest BCUT2D eigenvalue weighted by molar-refractivity contribution is 5.94. The van der Waals surface area contributed by atoms with Crippen LogP contribution in [0.25, 0.3) is 17.0 Å². The number of nitrogens with one attached hydrogen (secondary N) is 2. The number of hydrogen-bond acceptors (Lipinski definition) is 3. The number of aromatic nitrogens is 2. The number of benzene rings is 1. The van der Waals surface area contributed by atoms with E-state index in [0.29, 0.717) is 18.7 Å². The fraction of sp³-hybridized carbons (Fsp3) is 0.261. The Hall–Kier alpha value is -3.41. The van der Waals surface area contributed by atoms with Crippen molar-refractivity contribution >= 4 is 34.6 Å². The molecule has 148 valence electrons. The fourth-order valence-corrected chi connectivity index (χ4v) is 3.88. The van der Waals surface area contributed by atoms with Gasteiger partial charge in [-0.05, 0) is 47.7 Å². The van der Waals surface area contributed by atoms with Gasteiger partial charge in [-0.15, -0.1) is 0 Å². The first-order valence-corrected chi connectivity index (χ1v) is 9.86. The highest BCUT2D eigenvalue weighted by Crippen LogP contribution is 2.30. The number of anilines is 1. The van der Waals surface area contributed by atoms with Crippen molar-refractivity contribution in [2.45, 2.75) is 32.2 Å². The number of para-hydroxylation sites is 1. The minimum atomic E-state index is -0.0619. The molecule has 0 radical (unpaired) electrons. The number of aromatic amines is 1. The van der Waals surface area contributed by atoms with Crippen LogP contribution in [0.5, 0.6) is 0 Å². The van der Waals surface area contributed by atoms with Crippen LogP contribution in [-0.2, 0) is 16.0 Å². The van der Waals surface area contributed by atoms with Crippen molar-refractivity contribution < 1.29 is 9.59 Å². The molecule has 1 aliphatic heterocycles. The number of carbonyl (C=O) groups is 2. The monoisotopic (exact) mass is 388 g/mol. The third-order valence-corrected chi connectivity index (χ3v) is 5.47. The van der Waals surface area contributed by atoms with Crippen LogP contribution < -0.4 is 5.32 Å². The minimum Gasteiger partial charge on any atom is -0.361 e. The number of nitrogens with zero attached hydrogens (tertiary/aromatic N) is 2. The van der Waals surface area contributed by atoms with E-state index in [2.05, 4.69) is 28.3 Å². The van der Waals surface area contributed by atoms with Gasteiger partial charge in [-0.1, -0.05) is 25.1 Å². The molecule has 1 aliphatic rings. The summed E-state index contributed by atoms with van der Waals surface area (Å²) in [5.74, 6) is 0.549. The van der Waals surface area contributed by atoms with E-state index < -0.39 is 0 Å². The van der Waals surface area contributed by atoms with Crippen molar-refractivity contribution in [3.05, 3.63) is 65.5 Å². The lowest BCUT2D eigenvalue weighted by molar-refractivity contribution is -0.126. The van der Waals surface area contributed by atoms with Crippen molar-refractivity contribution in [3.63, 3.8) is 0 Å². The van der Waals surface area contributed by atoms with Gasteiger partial charge in [0.25, 0.3) is 0 Å². The summed E-state index contributed by atoms with van der Waals surface area (Å²) in [7, 11) is 1.84. The SMILES string of the molecule is CCC(c1c[nH]c2ccccc12)N(C)C(=O)/C=C/c1cnc2c(c1)CCC(=O)N2. The molecule has 1 unspecified atom stereocenters. The molecule has 2 aromatic heterocycles. The second-order valence-corrected chi connectivity index (χ2v) is 7.32. The highest BCUT2D eigenvalue weighted by Gasteiger charge is 2.21. The molecular formula is C23H24N4O2. The lowest BCUT2D eigenvalue weighted by Crippen LogP contribution is -2.29. The Morgan fingerprint density at radius 2 is 2.14 bits per heavy atom. The van der Waals surface area contributed by atoms with E-state index in [4.69, 9.17) is 0 Å². The first-order chi connectivity index (χ1) is 14.1. The summed E-state index contributed by atoms with van der Waals surface area (Å²) in [4.78, 5) is 33.7. The molecule has 0 spiro atoms. The van der Waals surface area contributed by atoms with Crippen molar-refractivity contribution in [1.29, 1.82) is 0 Å². The molecule has 0 saturated heterocycles. The Labute approximate surface area is 169 Å². The molecule has 1 aromatic carbocycles. The number of fused-ring (bicyclic) bond motifs is 2. The normalized spacial score (nSPS) is 14.6. The number of aryl methyl sites for hydroxylation is 1. The summed E-state index contributed by atoms with van der Waals surface area (Å²) in [6.45, 7) is 2.08. The Morgan fingerprint density at radius 3 is 2.97 bits per heavy atom. The van der Waals surface area contributed by atoms with E-state index in [1.807, 2.05) is 37.5 Å². The molecule has 0 aliphatic carbocycles. The molecule has 0 fully saturated rings. The van der Waals surface area contributed by atoms with Gasteiger partial charge in [0.15, 0.2) is 0 Å². The van der Waals surface area contributed by atoms with Crippen LogP contribution in [0.15, 0.2) is 48.8 Å². The maximum atomic E-state index is 12.8. The van der Waals surface area contributed by atoms with Crippen LogP contribution >= 0.6 is 0 Å². The zero-order chi connectivity index (χ0) is 20.4. The average Bonchev–Trinajstić information content (AvgIpc) is 3.16. The molecular weight excluding hydrogens is 364 g/mol. The van der Waals surface area contributed by atoms with Crippen LogP contribution in [0, 0.1) is 0 Å². The van der Waals surface area contributed by atoms with Crippen molar-refractivity contribution in [3.8, 4) is 0 Å². The summed E-state index contributed by atoms with van der Waals surface area (Å²) in [6, 6.07) is 10.1. The molecule has 4 rings (SSSR count). The predicted molar refractivity (Wildman–Crippen MR) is 114 cm³/mol. The zero-order valence-corrected chi connectivity index (χ0v) is 16.6. The van der Waals surface area contributed by atoms with Crippen molar-refractivity contribution in [1.82, 2.24) is 14.9 Å². The van der Waals surface area contributed by atoms with Gasteiger partial charge in [0.1, 0.15) is 5.82 Å². The molecule has 6 nitrogen and oxygen atoms in total. The van der Waals surface area contributed by atoms with E-state index in [-0.39, 0.29) is 17.9 Å². The van der Waals surface area contributed by atoms with Gasteiger partial charge >= 0.3 is 0 Å². The summed E-state index contributed by atoms with van der Waals surface area (Å²) < 4.78 is 0. The summed E-state index contributed by atoms with van der Waals surface area (Å²) in [5, 5.41) is 3.91. The first-order valence-electron chi connectivity index (χ1n) is 9.86. The third-order valence-electron chi connectivity index (χ3n) is 5.47. The van der Waals surface area contributed by atoms with E-state index >= 15 is 0 Å². The van der Waals surface area contributed by atoms with Crippen LogP contribution in [0.2, 0.25) is 0 Å². The number of carbonyl (C=O) groups excluding carboxylic acids is 2. The third kappa shape index (κ3) is 3.78. The Kier molecular flexibility index (Phi) is 5.16. The van der Waals surface area contributed by atoms with Crippen LogP contribution in [0.1, 0.15) is 42.5 Å². The van der Waals surface area contributed by atoms with E-state index in [1.54, 1.807) is 23.2 Å². The van der Waals surface area contributed by atoms with Gasteiger partial charge < -0.3 is 15.2 Å². The topological polar surface area (TPSA) is 78.1 Å². The molecule has 29 heavy (non-hydrogen) atoms. The van der Waals surface area contributed by atoms with E-state index in [0.717, 1.165) is 34.0 Å². The van der Waals surface area contributed by atoms with Gasteiger partial charge in [0, 0.05) is 42.8 Å². The Morgan fingerprint density at radius 1 is 1.31 bits per heavy atom. The average molecular weight is 388 g/mol. The van der Waals surface area contributed by atoms with Crippen LogP contribution in [-0.4, -0.2) is 33.7 Å². The fourth-order valence-electron chi connectivity index (χ4n) is 3.88. The maximum absolute atomic E-state index is 12.8. The number of hydrogen-bond donors (Lipinski definition) is 2. The molecule has 3 aromatic rings. The Balaban J connectivity index is 1.52. The van der Waals surface area contributed by atoms with Gasteiger partial charge in [0.2, 0.25) is 11.8 Å². The van der Waals surface area contributed by atoms with Crippen molar-refractivity contribution in [2.24, 2.45) is 0 Å². The zero-order valence-electron chi connectivity index (χ0n) is 16.6. The standard InChI is InChI=1S/C23H24N4O2/c1-3-20(18-14-24-19-7-5-4-6-17(18)19)27(2)22(29)11-8-15-12-16-9-10-21(28)26-23(16)25-13-15/h4-8,11-14,20,24H,3,9-10H2,1-2H3,(H,25,26,28)/b11-8+. The predicted octanol–water partition coefficient (Wildman–Crippen LogP) is 4.07. The van der Waals surface area contributed by atoms with E-state index in [9.17, 15) is 9.59 Å². The maximum Gasteiger partial charge on any atom is 0.246 e. The summed E-state index contributed by atoms with van der Waals surface area (Å²) >= 11 is 0. The Bertz CT molecular complexity index is 1100.